The average Bonchev–Trinajstić information content (AvgIpc) is 3.14. The van der Waals surface area contributed by atoms with Gasteiger partial charge in [-0.1, -0.05) is 18.2 Å². The van der Waals surface area contributed by atoms with Crippen LogP contribution in [0.5, 0.6) is 11.5 Å². The molecule has 3 aromatic rings. The highest BCUT2D eigenvalue weighted by atomic mass is 16.5. The number of para-hydroxylation sites is 1. The normalized spacial score (nSPS) is 14.0. The van der Waals surface area contributed by atoms with Gasteiger partial charge in [0.1, 0.15) is 17.3 Å². The van der Waals surface area contributed by atoms with E-state index in [1.54, 1.807) is 24.3 Å². The van der Waals surface area contributed by atoms with Crippen molar-refractivity contribution in [1.29, 1.82) is 0 Å². The summed E-state index contributed by atoms with van der Waals surface area (Å²) in [6, 6.07) is 12.6. The van der Waals surface area contributed by atoms with E-state index in [9.17, 15) is 9.59 Å². The smallest absolute Gasteiger partial charge is 0.379 e. The number of carbonyl (C=O) groups is 2. The summed E-state index contributed by atoms with van der Waals surface area (Å²) >= 11 is 0. The van der Waals surface area contributed by atoms with Gasteiger partial charge in [0.25, 0.3) is 5.91 Å². The molecule has 1 aliphatic rings. The number of nitrogens with zero attached hydrogens (tertiary/aromatic N) is 1. The van der Waals surface area contributed by atoms with E-state index in [0.717, 1.165) is 23.1 Å². The predicted octanol–water partition coefficient (Wildman–Crippen LogP) is 4.90. The third kappa shape index (κ3) is 4.67. The lowest BCUT2D eigenvalue weighted by Crippen LogP contribution is -2.22. The highest BCUT2D eigenvalue weighted by molar-refractivity contribution is 6.07. The van der Waals surface area contributed by atoms with E-state index in [2.05, 4.69) is 10.5 Å². The largest absolute Gasteiger partial charge is 0.496 e. The second-order valence-electron chi connectivity index (χ2n) is 8.12. The Hall–Kier alpha value is -3.87. The third-order valence-electron chi connectivity index (χ3n) is 5.56. The van der Waals surface area contributed by atoms with E-state index in [4.69, 9.17) is 13.9 Å². The molecule has 0 saturated heterocycles. The second kappa shape index (κ2) is 9.32. The summed E-state index contributed by atoms with van der Waals surface area (Å²) in [6.07, 6.45) is 2.15. The van der Waals surface area contributed by atoms with E-state index in [-0.39, 0.29) is 11.7 Å². The Morgan fingerprint density at radius 3 is 2.48 bits per heavy atom. The van der Waals surface area contributed by atoms with Gasteiger partial charge in [-0.05, 0) is 69.0 Å². The minimum absolute atomic E-state index is 0.157. The Morgan fingerprint density at radius 1 is 1.03 bits per heavy atom. The first-order chi connectivity index (χ1) is 15.9. The molecule has 170 valence electrons. The van der Waals surface area contributed by atoms with Crippen LogP contribution in [0.3, 0.4) is 0 Å². The molecule has 4 rings (SSSR count). The number of hydrogen-bond acceptors (Lipinski definition) is 6. The molecule has 1 aromatic heterocycles. The molecule has 0 spiro atoms. The molecule has 1 amide bonds. The fraction of sp³-hybridized carbons (Fsp3) is 0.269. The summed E-state index contributed by atoms with van der Waals surface area (Å²) in [5.41, 5.74) is 7.11. The van der Waals surface area contributed by atoms with Crippen LogP contribution in [0, 0.1) is 20.8 Å². The Labute approximate surface area is 192 Å². The quantitative estimate of drug-likeness (QED) is 0.342. The van der Waals surface area contributed by atoms with Gasteiger partial charge in [0.2, 0.25) is 5.76 Å². The van der Waals surface area contributed by atoms with Crippen molar-refractivity contribution in [2.24, 2.45) is 5.10 Å². The molecule has 7 heteroatoms. The van der Waals surface area contributed by atoms with Gasteiger partial charge in [0.15, 0.2) is 0 Å². The summed E-state index contributed by atoms with van der Waals surface area (Å²) in [7, 11) is 1.51. The first-order valence-electron chi connectivity index (χ1n) is 10.8. The summed E-state index contributed by atoms with van der Waals surface area (Å²) in [5, 5.41) is 4.37. The van der Waals surface area contributed by atoms with Crippen molar-refractivity contribution in [3.63, 3.8) is 0 Å². The zero-order valence-corrected chi connectivity index (χ0v) is 19.2. The van der Waals surface area contributed by atoms with Gasteiger partial charge < -0.3 is 13.9 Å². The Bertz CT molecular complexity index is 1240. The average molecular weight is 447 g/mol. The number of nitrogens with one attached hydrogen (secondary N) is 1. The number of rotatable bonds is 5. The van der Waals surface area contributed by atoms with Crippen LogP contribution in [0.15, 0.2) is 52.0 Å². The minimum atomic E-state index is -0.552. The highest BCUT2D eigenvalue weighted by Gasteiger charge is 2.29. The van der Waals surface area contributed by atoms with Gasteiger partial charge in [0.05, 0.1) is 18.4 Å². The molecule has 0 bridgehead atoms. The first kappa shape index (κ1) is 22.3. The van der Waals surface area contributed by atoms with Crippen LogP contribution in [-0.4, -0.2) is 24.7 Å². The van der Waals surface area contributed by atoms with Crippen LogP contribution in [0.1, 0.15) is 61.8 Å². The summed E-state index contributed by atoms with van der Waals surface area (Å²) in [6.45, 7) is 5.70. The number of hydrogen-bond donors (Lipinski definition) is 1. The number of carbonyl (C=O) groups excluding carboxylic acids is 2. The molecule has 1 aliphatic carbocycles. The fourth-order valence-electron chi connectivity index (χ4n) is 4.13. The summed E-state index contributed by atoms with van der Waals surface area (Å²) < 4.78 is 16.7. The molecule has 0 radical (unpaired) electrons. The number of fused-ring (bicyclic) bond motifs is 1. The van der Waals surface area contributed by atoms with E-state index in [1.807, 2.05) is 39.0 Å². The molecular formula is C26H26N2O5. The van der Waals surface area contributed by atoms with Crippen LogP contribution in [0.25, 0.3) is 0 Å². The first-order valence-corrected chi connectivity index (χ1v) is 10.8. The number of methoxy groups -OCH3 is 1. The van der Waals surface area contributed by atoms with Crippen molar-refractivity contribution in [2.75, 3.05) is 7.11 Å². The Balaban J connectivity index is 1.58. The zero-order valence-electron chi connectivity index (χ0n) is 19.2. The summed E-state index contributed by atoms with van der Waals surface area (Å²) in [4.78, 5) is 25.5. The topological polar surface area (TPSA) is 90.1 Å². The molecule has 0 unspecified atom stereocenters. The van der Waals surface area contributed by atoms with Crippen molar-refractivity contribution in [1.82, 2.24) is 5.43 Å². The van der Waals surface area contributed by atoms with Crippen molar-refractivity contribution < 1.29 is 23.5 Å². The number of benzene rings is 2. The minimum Gasteiger partial charge on any atom is -0.496 e. The lowest BCUT2D eigenvalue weighted by Gasteiger charge is -2.14. The van der Waals surface area contributed by atoms with E-state index < -0.39 is 5.97 Å². The van der Waals surface area contributed by atoms with Crippen molar-refractivity contribution >= 4 is 17.6 Å². The lowest BCUT2D eigenvalue weighted by atomic mass is 9.93. The number of esters is 1. The SMILES string of the molecule is COc1ccccc1C(=O)N/N=C1\CCCc2oc(C(=O)Oc3cc(C)cc(C)c3)c(C)c21. The van der Waals surface area contributed by atoms with Gasteiger partial charge >= 0.3 is 5.97 Å². The fourth-order valence-corrected chi connectivity index (χ4v) is 4.13. The van der Waals surface area contributed by atoms with Crippen molar-refractivity contribution in [2.45, 2.75) is 40.0 Å². The highest BCUT2D eigenvalue weighted by Crippen LogP contribution is 2.31. The lowest BCUT2D eigenvalue weighted by molar-refractivity contribution is 0.0698. The molecule has 0 atom stereocenters. The van der Waals surface area contributed by atoms with Gasteiger partial charge in [-0.2, -0.15) is 5.10 Å². The number of amides is 1. The standard InChI is InChI=1S/C26H26N2O5/c1-15-12-16(2)14-18(13-15)32-26(30)24-17(3)23-20(9-7-11-22(23)33-24)27-28-25(29)19-8-5-6-10-21(19)31-4/h5-6,8,10,12-14H,7,9,11H2,1-4H3,(H,28,29)/b27-20+. The van der Waals surface area contributed by atoms with Crippen molar-refractivity contribution in [3.05, 3.63) is 81.8 Å². The monoisotopic (exact) mass is 446 g/mol. The van der Waals surface area contributed by atoms with E-state index in [1.165, 1.54) is 7.11 Å². The zero-order chi connectivity index (χ0) is 23.5. The number of aryl methyl sites for hydroxylation is 3. The maximum atomic E-state index is 12.9. The van der Waals surface area contributed by atoms with Crippen LogP contribution in [-0.2, 0) is 6.42 Å². The van der Waals surface area contributed by atoms with Gasteiger partial charge in [-0.3, -0.25) is 4.79 Å². The van der Waals surface area contributed by atoms with Crippen LogP contribution in [0.2, 0.25) is 0 Å². The van der Waals surface area contributed by atoms with Crippen molar-refractivity contribution in [3.8, 4) is 11.5 Å². The second-order valence-corrected chi connectivity index (χ2v) is 8.12. The predicted molar refractivity (Wildman–Crippen MR) is 124 cm³/mol. The summed E-state index contributed by atoms with van der Waals surface area (Å²) in [5.74, 6) is 0.855. The number of furan rings is 1. The maximum Gasteiger partial charge on any atom is 0.379 e. The van der Waals surface area contributed by atoms with Gasteiger partial charge in [-0.15, -0.1) is 0 Å². The molecular weight excluding hydrogens is 420 g/mol. The Morgan fingerprint density at radius 2 is 1.76 bits per heavy atom. The van der Waals surface area contributed by atoms with Gasteiger partial charge in [0, 0.05) is 17.5 Å². The van der Waals surface area contributed by atoms with Crippen LogP contribution in [0.4, 0.5) is 0 Å². The molecule has 33 heavy (non-hydrogen) atoms. The van der Waals surface area contributed by atoms with E-state index in [0.29, 0.717) is 46.9 Å². The van der Waals surface area contributed by atoms with Gasteiger partial charge in [-0.25, -0.2) is 10.2 Å². The van der Waals surface area contributed by atoms with E-state index >= 15 is 0 Å². The maximum absolute atomic E-state index is 12.9. The Kier molecular flexibility index (Phi) is 6.31. The molecule has 1 N–H and O–H groups in total. The van der Waals surface area contributed by atoms with Crippen LogP contribution < -0.4 is 14.9 Å². The molecule has 7 nitrogen and oxygen atoms in total. The molecule has 0 saturated carbocycles. The molecule has 0 fully saturated rings. The third-order valence-corrected chi connectivity index (χ3v) is 5.56. The molecule has 2 aromatic carbocycles. The number of ether oxygens (including phenoxy) is 2. The molecule has 0 aliphatic heterocycles. The van der Waals surface area contributed by atoms with Crippen LogP contribution >= 0.6 is 0 Å². The number of hydrazone groups is 1. The molecule has 1 heterocycles.